The van der Waals surface area contributed by atoms with Crippen molar-refractivity contribution < 1.29 is 9.47 Å². The molecule has 0 aliphatic carbocycles. The fourth-order valence-corrected chi connectivity index (χ4v) is 4.71. The lowest BCUT2D eigenvalue weighted by molar-refractivity contribution is -0.0480. The summed E-state index contributed by atoms with van der Waals surface area (Å²) in [4.78, 5) is 7.54. The quantitative estimate of drug-likeness (QED) is 0.567. The summed E-state index contributed by atoms with van der Waals surface area (Å²) in [5.41, 5.74) is 0. The van der Waals surface area contributed by atoms with Gasteiger partial charge in [0.15, 0.2) is 0 Å². The molecule has 2 bridgehead atoms. The van der Waals surface area contributed by atoms with Gasteiger partial charge >= 0.3 is 0 Å². The summed E-state index contributed by atoms with van der Waals surface area (Å²) in [6, 6.07) is 2.14. The first-order valence-corrected chi connectivity index (χ1v) is 12.7. The van der Waals surface area contributed by atoms with Crippen molar-refractivity contribution in [3.05, 3.63) is 0 Å². The molecule has 0 saturated carbocycles. The highest BCUT2D eigenvalue weighted by Crippen LogP contribution is 2.27. The maximum atomic E-state index is 5.74. The molecule has 0 amide bonds. The molecule has 2 atom stereocenters. The Balaban J connectivity index is 0.000000439. The SMILES string of the molecule is C.C.CC(C)N1CC2CCC(C1)O2.CC(C)N1CCOCC1.CC1CCN(C(C)C)CC1. The third-order valence-corrected chi connectivity index (χ3v) is 7.13. The number of morpholine rings is 2. The summed E-state index contributed by atoms with van der Waals surface area (Å²) < 4.78 is 10.9. The van der Waals surface area contributed by atoms with Crippen LogP contribution in [0, 0.1) is 5.92 Å². The van der Waals surface area contributed by atoms with Crippen molar-refractivity contribution in [3.8, 4) is 0 Å². The standard InChI is InChI=1S/C9H17NO.C9H19N.C7H15NO.2CH4/c1-7(2)10-5-8-3-4-9(6-10)11-8;1-8(2)10-6-4-9(3)5-7-10;1-7(2)8-3-5-9-6-4-8;;/h7-9H,3-6H2,1-2H3;8-9H,4-7H2,1-3H3;7H,3-6H2,1-2H3;2*1H4. The van der Waals surface area contributed by atoms with Crippen LogP contribution in [0.5, 0.6) is 0 Å². The van der Waals surface area contributed by atoms with Crippen LogP contribution in [0.15, 0.2) is 0 Å². The zero-order valence-electron chi connectivity index (χ0n) is 21.1. The first-order valence-electron chi connectivity index (χ1n) is 12.7. The molecule has 0 aromatic rings. The van der Waals surface area contributed by atoms with E-state index in [0.717, 1.165) is 51.4 Å². The summed E-state index contributed by atoms with van der Waals surface area (Å²) >= 11 is 0. The van der Waals surface area contributed by atoms with Crippen LogP contribution in [0.2, 0.25) is 0 Å². The van der Waals surface area contributed by atoms with Crippen LogP contribution in [0.3, 0.4) is 0 Å². The van der Waals surface area contributed by atoms with E-state index in [2.05, 4.69) is 63.2 Å². The number of likely N-dealkylation sites (tertiary alicyclic amines) is 2. The van der Waals surface area contributed by atoms with Crippen LogP contribution in [0.25, 0.3) is 0 Å². The molecule has 4 aliphatic rings. The fourth-order valence-electron chi connectivity index (χ4n) is 4.71. The van der Waals surface area contributed by atoms with Gasteiger partial charge in [0.25, 0.3) is 0 Å². The molecule has 32 heavy (non-hydrogen) atoms. The van der Waals surface area contributed by atoms with Gasteiger partial charge in [-0.25, -0.2) is 0 Å². The molecule has 0 spiro atoms. The second-order valence-electron chi connectivity index (χ2n) is 10.6. The van der Waals surface area contributed by atoms with Gasteiger partial charge in [0.2, 0.25) is 0 Å². The Morgan fingerprint density at radius 1 is 0.594 bits per heavy atom. The lowest BCUT2D eigenvalue weighted by Gasteiger charge is -2.34. The predicted molar refractivity (Wildman–Crippen MR) is 141 cm³/mol. The molecule has 5 nitrogen and oxygen atoms in total. The average Bonchev–Trinajstić information content (AvgIpc) is 3.07. The number of fused-ring (bicyclic) bond motifs is 2. The molecule has 5 heteroatoms. The van der Waals surface area contributed by atoms with E-state index in [1.807, 2.05) is 0 Å². The van der Waals surface area contributed by atoms with Crippen molar-refractivity contribution in [2.75, 3.05) is 52.5 Å². The maximum Gasteiger partial charge on any atom is 0.0707 e. The first kappa shape index (κ1) is 31.8. The van der Waals surface area contributed by atoms with E-state index in [9.17, 15) is 0 Å². The molecule has 0 aromatic heterocycles. The van der Waals surface area contributed by atoms with Gasteiger partial charge in [-0.1, -0.05) is 21.8 Å². The molecular weight excluding hydrogens is 398 g/mol. The van der Waals surface area contributed by atoms with Crippen LogP contribution >= 0.6 is 0 Å². The highest BCUT2D eigenvalue weighted by atomic mass is 16.5. The van der Waals surface area contributed by atoms with E-state index in [4.69, 9.17) is 9.47 Å². The molecule has 4 rings (SSSR count). The van der Waals surface area contributed by atoms with Crippen LogP contribution in [0.4, 0.5) is 0 Å². The highest BCUT2D eigenvalue weighted by Gasteiger charge is 2.34. The molecule has 4 aliphatic heterocycles. The first-order chi connectivity index (χ1) is 14.3. The second-order valence-corrected chi connectivity index (χ2v) is 10.6. The topological polar surface area (TPSA) is 28.2 Å². The third kappa shape index (κ3) is 11.3. The summed E-state index contributed by atoms with van der Waals surface area (Å²) in [7, 11) is 0. The van der Waals surface area contributed by atoms with Crippen molar-refractivity contribution >= 4 is 0 Å². The van der Waals surface area contributed by atoms with Crippen molar-refractivity contribution in [2.24, 2.45) is 5.92 Å². The fraction of sp³-hybridized carbons (Fsp3) is 1.00. The molecule has 0 radical (unpaired) electrons. The van der Waals surface area contributed by atoms with Crippen LogP contribution < -0.4 is 0 Å². The number of rotatable bonds is 3. The molecule has 0 aromatic carbocycles. The van der Waals surface area contributed by atoms with Gasteiger partial charge in [0.1, 0.15) is 0 Å². The van der Waals surface area contributed by atoms with Crippen LogP contribution in [0.1, 0.15) is 89.0 Å². The summed E-state index contributed by atoms with van der Waals surface area (Å²) in [5, 5.41) is 0. The summed E-state index contributed by atoms with van der Waals surface area (Å²) in [6.45, 7) is 24.9. The summed E-state index contributed by atoms with van der Waals surface area (Å²) in [6.07, 6.45) is 6.48. The lowest BCUT2D eigenvalue weighted by atomic mass is 9.98. The highest BCUT2D eigenvalue weighted by molar-refractivity contribution is 4.85. The number of piperidine rings is 1. The van der Waals surface area contributed by atoms with E-state index >= 15 is 0 Å². The van der Waals surface area contributed by atoms with Crippen molar-refractivity contribution in [3.63, 3.8) is 0 Å². The number of ether oxygens (including phenoxy) is 2. The Morgan fingerprint density at radius 2 is 1.00 bits per heavy atom. The minimum Gasteiger partial charge on any atom is -0.379 e. The second kappa shape index (κ2) is 16.4. The van der Waals surface area contributed by atoms with E-state index in [1.54, 1.807) is 0 Å². The normalized spacial score (nSPS) is 27.2. The third-order valence-electron chi connectivity index (χ3n) is 7.13. The molecular formula is C27H59N3O2. The smallest absolute Gasteiger partial charge is 0.0707 e. The van der Waals surface area contributed by atoms with Gasteiger partial charge in [0, 0.05) is 44.3 Å². The molecule has 0 N–H and O–H groups in total. The maximum absolute atomic E-state index is 5.74. The van der Waals surface area contributed by atoms with E-state index in [1.165, 1.54) is 38.8 Å². The Kier molecular flexibility index (Phi) is 16.3. The minimum atomic E-state index is 0. The van der Waals surface area contributed by atoms with E-state index < -0.39 is 0 Å². The zero-order chi connectivity index (χ0) is 22.1. The minimum absolute atomic E-state index is 0. The molecule has 4 fully saturated rings. The van der Waals surface area contributed by atoms with Gasteiger partial charge < -0.3 is 14.4 Å². The Morgan fingerprint density at radius 3 is 1.38 bits per heavy atom. The lowest BCUT2D eigenvalue weighted by Crippen LogP contribution is -2.45. The molecule has 2 unspecified atom stereocenters. The van der Waals surface area contributed by atoms with Crippen molar-refractivity contribution in [1.82, 2.24) is 14.7 Å². The number of nitrogens with zero attached hydrogens (tertiary/aromatic N) is 3. The van der Waals surface area contributed by atoms with Crippen LogP contribution in [-0.4, -0.2) is 97.5 Å². The predicted octanol–water partition coefficient (Wildman–Crippen LogP) is 5.38. The van der Waals surface area contributed by atoms with E-state index in [0.29, 0.717) is 24.3 Å². The summed E-state index contributed by atoms with van der Waals surface area (Å²) in [5.74, 6) is 0.968. The van der Waals surface area contributed by atoms with Gasteiger partial charge in [-0.2, -0.15) is 0 Å². The van der Waals surface area contributed by atoms with Gasteiger partial charge in [-0.15, -0.1) is 0 Å². The van der Waals surface area contributed by atoms with Crippen molar-refractivity contribution in [1.29, 1.82) is 0 Å². The molecule has 4 saturated heterocycles. The van der Waals surface area contributed by atoms with Gasteiger partial charge in [0.05, 0.1) is 25.4 Å². The monoisotopic (exact) mass is 457 g/mol. The Bertz CT molecular complexity index is 432. The van der Waals surface area contributed by atoms with Gasteiger partial charge in [-0.3, -0.25) is 9.80 Å². The molecule has 194 valence electrons. The Labute approximate surface area is 202 Å². The van der Waals surface area contributed by atoms with Gasteiger partial charge in [-0.05, 0) is 86.2 Å². The average molecular weight is 458 g/mol. The Hall–Kier alpha value is -0.200. The molecule has 4 heterocycles. The van der Waals surface area contributed by atoms with E-state index in [-0.39, 0.29) is 14.9 Å². The van der Waals surface area contributed by atoms with Crippen molar-refractivity contribution in [2.45, 2.75) is 119 Å². The number of hydrogen-bond donors (Lipinski definition) is 0. The largest absolute Gasteiger partial charge is 0.379 e. The zero-order valence-corrected chi connectivity index (χ0v) is 21.1. The number of hydrogen-bond acceptors (Lipinski definition) is 5. The van der Waals surface area contributed by atoms with Crippen LogP contribution in [-0.2, 0) is 9.47 Å².